The van der Waals surface area contributed by atoms with Crippen LogP contribution in [0.15, 0.2) is 23.4 Å². The summed E-state index contributed by atoms with van der Waals surface area (Å²) in [5, 5.41) is 12.3. The van der Waals surface area contributed by atoms with E-state index in [2.05, 4.69) is 9.99 Å². The third-order valence-corrected chi connectivity index (χ3v) is 4.31. The minimum absolute atomic E-state index is 0.0264. The molecule has 3 rings (SSSR count). The Morgan fingerprint density at radius 1 is 1.43 bits per heavy atom. The van der Waals surface area contributed by atoms with Gasteiger partial charge in [-0.3, -0.25) is 4.79 Å². The van der Waals surface area contributed by atoms with Gasteiger partial charge in [-0.15, -0.1) is 0 Å². The van der Waals surface area contributed by atoms with E-state index in [9.17, 15) is 4.79 Å². The minimum Gasteiger partial charge on any atom is -0.481 e. The van der Waals surface area contributed by atoms with Gasteiger partial charge in [-0.05, 0) is 18.2 Å². The van der Waals surface area contributed by atoms with Gasteiger partial charge in [0.05, 0.1) is 43.1 Å². The van der Waals surface area contributed by atoms with Crippen LogP contribution in [0.4, 0.5) is 0 Å². The summed E-state index contributed by atoms with van der Waals surface area (Å²) in [5.74, 6) is -0.889. The van der Waals surface area contributed by atoms with E-state index in [-0.39, 0.29) is 5.75 Å². The largest absolute Gasteiger partial charge is 0.481 e. The first-order valence-corrected chi connectivity index (χ1v) is 7.87. The summed E-state index contributed by atoms with van der Waals surface area (Å²) in [6.45, 7) is 2.79. The Labute approximate surface area is 130 Å². The van der Waals surface area contributed by atoms with Crippen molar-refractivity contribution < 1.29 is 14.6 Å². The number of ether oxygens (including phenoxy) is 1. The maximum Gasteiger partial charge on any atom is 0.313 e. The second-order valence-electron chi connectivity index (χ2n) is 4.59. The van der Waals surface area contributed by atoms with Crippen LogP contribution in [-0.2, 0) is 9.53 Å². The lowest BCUT2D eigenvalue weighted by Crippen LogP contribution is -2.44. The normalized spacial score (nSPS) is 15.6. The van der Waals surface area contributed by atoms with Gasteiger partial charge in [0.25, 0.3) is 0 Å². The molecule has 112 valence electrons. The first kappa shape index (κ1) is 14.5. The highest BCUT2D eigenvalue weighted by molar-refractivity contribution is 7.99. The average Bonchev–Trinajstić information content (AvgIpc) is 2.83. The Morgan fingerprint density at radius 3 is 2.90 bits per heavy atom. The molecule has 6 nitrogen and oxygen atoms in total. The number of aliphatic carboxylic acids is 1. The molecule has 1 aliphatic heterocycles. The predicted molar refractivity (Wildman–Crippen MR) is 81.9 cm³/mol. The van der Waals surface area contributed by atoms with E-state index in [1.165, 1.54) is 11.8 Å². The quantitative estimate of drug-likeness (QED) is 0.864. The third-order valence-electron chi connectivity index (χ3n) is 3.16. The molecule has 1 fully saturated rings. The van der Waals surface area contributed by atoms with Crippen LogP contribution in [0.5, 0.6) is 0 Å². The number of halogens is 1. The summed E-state index contributed by atoms with van der Waals surface area (Å²) in [4.78, 5) is 15.3. The zero-order valence-corrected chi connectivity index (χ0v) is 12.7. The Morgan fingerprint density at radius 2 is 2.19 bits per heavy atom. The van der Waals surface area contributed by atoms with Crippen LogP contribution < -0.4 is 5.01 Å². The smallest absolute Gasteiger partial charge is 0.313 e. The van der Waals surface area contributed by atoms with E-state index in [1.54, 1.807) is 6.07 Å². The Kier molecular flexibility index (Phi) is 4.23. The van der Waals surface area contributed by atoms with Crippen molar-refractivity contribution in [3.05, 3.63) is 23.2 Å². The van der Waals surface area contributed by atoms with Gasteiger partial charge in [0.1, 0.15) is 0 Å². The number of carboxylic acids is 1. The van der Waals surface area contributed by atoms with Crippen LogP contribution in [0.2, 0.25) is 5.02 Å². The molecule has 2 aromatic rings. The molecule has 0 atom stereocenters. The number of carboxylic acid groups (broad SMARTS) is 1. The summed E-state index contributed by atoms with van der Waals surface area (Å²) in [7, 11) is 0. The highest BCUT2D eigenvalue weighted by Gasteiger charge is 2.19. The second kappa shape index (κ2) is 6.13. The van der Waals surface area contributed by atoms with Crippen molar-refractivity contribution >= 4 is 40.4 Å². The monoisotopic (exact) mass is 327 g/mol. The zero-order chi connectivity index (χ0) is 14.8. The van der Waals surface area contributed by atoms with Crippen molar-refractivity contribution in [3.63, 3.8) is 0 Å². The standard InChI is InChI=1S/C13H14ClN3O3S/c14-9-1-2-11-10(7-9)15-13(21-8-12(18)19)17(11)16-3-5-20-6-4-16/h1-2,7H,3-6,8H2,(H,18,19). The summed E-state index contributed by atoms with van der Waals surface area (Å²) in [5.41, 5.74) is 1.69. The Hall–Kier alpha value is -1.44. The van der Waals surface area contributed by atoms with Gasteiger partial charge in [-0.1, -0.05) is 23.4 Å². The molecule has 0 saturated carbocycles. The van der Waals surface area contributed by atoms with Crippen LogP contribution in [-0.4, -0.2) is 52.8 Å². The number of thioether (sulfide) groups is 1. The molecule has 1 aromatic heterocycles. The van der Waals surface area contributed by atoms with Crippen LogP contribution in [0.25, 0.3) is 11.0 Å². The van der Waals surface area contributed by atoms with Gasteiger partial charge in [-0.2, -0.15) is 0 Å². The van der Waals surface area contributed by atoms with Gasteiger partial charge in [0.15, 0.2) is 5.16 Å². The Bertz CT molecular complexity index is 670. The molecule has 8 heteroatoms. The van der Waals surface area contributed by atoms with E-state index in [0.29, 0.717) is 23.4 Å². The van der Waals surface area contributed by atoms with E-state index in [1.807, 2.05) is 16.8 Å². The topological polar surface area (TPSA) is 67.6 Å². The fraction of sp³-hybridized carbons (Fsp3) is 0.385. The van der Waals surface area contributed by atoms with Gasteiger partial charge >= 0.3 is 5.97 Å². The molecule has 0 spiro atoms. The molecular weight excluding hydrogens is 314 g/mol. The fourth-order valence-electron chi connectivity index (χ4n) is 2.27. The van der Waals surface area contributed by atoms with Crippen LogP contribution in [0.1, 0.15) is 0 Å². The summed E-state index contributed by atoms with van der Waals surface area (Å²) >= 11 is 7.22. The summed E-state index contributed by atoms with van der Waals surface area (Å²) in [6.07, 6.45) is 0. The average molecular weight is 328 g/mol. The maximum atomic E-state index is 10.8. The summed E-state index contributed by atoms with van der Waals surface area (Å²) < 4.78 is 7.34. The highest BCUT2D eigenvalue weighted by atomic mass is 35.5. The number of fused-ring (bicyclic) bond motifs is 1. The van der Waals surface area contributed by atoms with Crippen molar-refractivity contribution in [2.45, 2.75) is 5.16 Å². The van der Waals surface area contributed by atoms with E-state index in [4.69, 9.17) is 21.4 Å². The van der Waals surface area contributed by atoms with Crippen LogP contribution in [0.3, 0.4) is 0 Å². The number of morpholine rings is 1. The van der Waals surface area contributed by atoms with Gasteiger partial charge in [-0.25, -0.2) is 9.66 Å². The van der Waals surface area contributed by atoms with Crippen molar-refractivity contribution in [2.24, 2.45) is 0 Å². The molecule has 21 heavy (non-hydrogen) atoms. The van der Waals surface area contributed by atoms with Gasteiger partial charge in [0, 0.05) is 5.02 Å². The number of rotatable bonds is 4. The molecule has 2 heterocycles. The van der Waals surface area contributed by atoms with Crippen molar-refractivity contribution in [2.75, 3.05) is 37.1 Å². The van der Waals surface area contributed by atoms with E-state index >= 15 is 0 Å². The van der Waals surface area contributed by atoms with Crippen molar-refractivity contribution in [1.29, 1.82) is 0 Å². The molecule has 0 amide bonds. The fourth-order valence-corrected chi connectivity index (χ4v) is 3.18. The molecule has 1 saturated heterocycles. The maximum absolute atomic E-state index is 10.8. The van der Waals surface area contributed by atoms with Gasteiger partial charge < -0.3 is 14.9 Å². The first-order valence-electron chi connectivity index (χ1n) is 6.51. The zero-order valence-electron chi connectivity index (χ0n) is 11.2. The number of imidazole rings is 1. The molecule has 1 aliphatic rings. The number of hydrogen-bond donors (Lipinski definition) is 1. The van der Waals surface area contributed by atoms with E-state index in [0.717, 1.165) is 24.1 Å². The Balaban J connectivity index is 2.03. The number of benzene rings is 1. The SMILES string of the molecule is O=C(O)CSc1nc2cc(Cl)ccc2n1N1CCOCC1. The summed E-state index contributed by atoms with van der Waals surface area (Å²) in [6, 6.07) is 5.51. The molecule has 0 bridgehead atoms. The molecule has 0 aliphatic carbocycles. The lowest BCUT2D eigenvalue weighted by molar-refractivity contribution is -0.133. The number of hydrogen-bond acceptors (Lipinski definition) is 5. The van der Waals surface area contributed by atoms with Gasteiger partial charge in [0.2, 0.25) is 0 Å². The van der Waals surface area contributed by atoms with Crippen molar-refractivity contribution in [3.8, 4) is 0 Å². The highest BCUT2D eigenvalue weighted by Crippen LogP contribution is 2.26. The number of carbonyl (C=O) groups is 1. The second-order valence-corrected chi connectivity index (χ2v) is 5.97. The van der Waals surface area contributed by atoms with Crippen LogP contribution in [0, 0.1) is 0 Å². The number of nitrogens with zero attached hydrogens (tertiary/aromatic N) is 3. The molecular formula is C13H14ClN3O3S. The third kappa shape index (κ3) is 3.09. The lowest BCUT2D eigenvalue weighted by Gasteiger charge is -2.31. The lowest BCUT2D eigenvalue weighted by atomic mass is 10.3. The minimum atomic E-state index is -0.862. The van der Waals surface area contributed by atoms with Crippen molar-refractivity contribution in [1.82, 2.24) is 9.66 Å². The molecule has 0 unspecified atom stereocenters. The number of aromatic nitrogens is 2. The van der Waals surface area contributed by atoms with E-state index < -0.39 is 5.97 Å². The van der Waals surface area contributed by atoms with Crippen LogP contribution >= 0.6 is 23.4 Å². The molecule has 1 aromatic carbocycles. The predicted octanol–water partition coefficient (Wildman–Crippen LogP) is 1.83. The first-order chi connectivity index (χ1) is 10.1. The molecule has 0 radical (unpaired) electrons. The molecule has 1 N–H and O–H groups in total.